The molecule has 0 aliphatic heterocycles. The molecule has 0 amide bonds. The molecule has 3 heteroatoms. The van der Waals surface area contributed by atoms with Gasteiger partial charge in [-0.1, -0.05) is 41.4 Å². The van der Waals surface area contributed by atoms with Crippen molar-refractivity contribution in [3.8, 4) is 11.3 Å². The lowest BCUT2D eigenvalue weighted by Crippen LogP contribution is -1.79. The van der Waals surface area contributed by atoms with Gasteiger partial charge in [0, 0.05) is 16.0 Å². The van der Waals surface area contributed by atoms with Gasteiger partial charge in [0.1, 0.15) is 0 Å². The molecule has 1 aromatic heterocycles. The van der Waals surface area contributed by atoms with Crippen molar-refractivity contribution in [2.24, 2.45) is 0 Å². The Kier molecular flexibility index (Phi) is 2.61. The highest BCUT2D eigenvalue weighted by Gasteiger charge is 2.08. The fraction of sp³-hybridized carbons (Fsp3) is 0.0714. The third-order valence-electron chi connectivity index (χ3n) is 2.76. The van der Waals surface area contributed by atoms with Crippen LogP contribution in [0.2, 0.25) is 5.02 Å². The summed E-state index contributed by atoms with van der Waals surface area (Å²) in [6.45, 7) is 2.08. The standard InChI is InChI=1S/C14H10ClNS/c1-9-2-4-10(5-3-9)14-12-8-11(15)6-7-13(12)17-16-14/h2-8H,1H3. The van der Waals surface area contributed by atoms with Gasteiger partial charge in [0.25, 0.3) is 0 Å². The molecule has 17 heavy (non-hydrogen) atoms. The number of hydrogen-bond donors (Lipinski definition) is 0. The molecule has 2 aromatic carbocycles. The minimum absolute atomic E-state index is 0.756. The van der Waals surface area contributed by atoms with Crippen molar-refractivity contribution >= 4 is 33.2 Å². The Morgan fingerprint density at radius 3 is 2.59 bits per heavy atom. The second-order valence-corrected chi connectivity index (χ2v) is 5.28. The van der Waals surface area contributed by atoms with Crippen molar-refractivity contribution < 1.29 is 0 Å². The number of aryl methyl sites for hydroxylation is 1. The first-order chi connectivity index (χ1) is 8.24. The zero-order chi connectivity index (χ0) is 11.8. The minimum atomic E-state index is 0.756. The van der Waals surface area contributed by atoms with Crippen LogP contribution in [0.3, 0.4) is 0 Å². The van der Waals surface area contributed by atoms with Crippen LogP contribution in [0.5, 0.6) is 0 Å². The molecule has 0 radical (unpaired) electrons. The maximum Gasteiger partial charge on any atom is 0.0919 e. The van der Waals surface area contributed by atoms with Gasteiger partial charge in [-0.05, 0) is 36.7 Å². The summed E-state index contributed by atoms with van der Waals surface area (Å²) in [5.41, 5.74) is 3.42. The van der Waals surface area contributed by atoms with Crippen LogP contribution < -0.4 is 0 Å². The van der Waals surface area contributed by atoms with Crippen molar-refractivity contribution in [3.05, 3.63) is 53.1 Å². The molecule has 1 nitrogen and oxygen atoms in total. The van der Waals surface area contributed by atoms with E-state index in [1.807, 2.05) is 18.2 Å². The zero-order valence-corrected chi connectivity index (χ0v) is 10.8. The number of hydrogen-bond acceptors (Lipinski definition) is 2. The molecule has 0 saturated heterocycles. The largest absolute Gasteiger partial charge is 0.191 e. The number of halogens is 1. The Bertz CT molecular complexity index is 670. The van der Waals surface area contributed by atoms with Crippen molar-refractivity contribution in [2.45, 2.75) is 6.92 Å². The lowest BCUT2D eigenvalue weighted by molar-refractivity contribution is 1.45. The molecule has 0 aliphatic rings. The zero-order valence-electron chi connectivity index (χ0n) is 9.27. The van der Waals surface area contributed by atoms with Gasteiger partial charge >= 0.3 is 0 Å². The van der Waals surface area contributed by atoms with Crippen molar-refractivity contribution in [3.63, 3.8) is 0 Å². The lowest BCUT2D eigenvalue weighted by atomic mass is 10.1. The third kappa shape index (κ3) is 1.94. The lowest BCUT2D eigenvalue weighted by Gasteiger charge is -1.99. The quantitative estimate of drug-likeness (QED) is 0.604. The molecular weight excluding hydrogens is 250 g/mol. The normalized spacial score (nSPS) is 10.9. The number of aromatic nitrogens is 1. The smallest absolute Gasteiger partial charge is 0.0919 e. The van der Waals surface area contributed by atoms with E-state index in [0.717, 1.165) is 21.7 Å². The first-order valence-corrected chi connectivity index (χ1v) is 6.51. The van der Waals surface area contributed by atoms with E-state index < -0.39 is 0 Å². The van der Waals surface area contributed by atoms with Crippen molar-refractivity contribution in [1.29, 1.82) is 0 Å². The summed E-state index contributed by atoms with van der Waals surface area (Å²) in [5, 5.41) is 1.89. The summed E-state index contributed by atoms with van der Waals surface area (Å²) in [5.74, 6) is 0. The Balaban J connectivity index is 2.23. The van der Waals surface area contributed by atoms with Crippen LogP contribution in [-0.4, -0.2) is 4.37 Å². The molecule has 0 spiro atoms. The molecule has 3 aromatic rings. The SMILES string of the molecule is Cc1ccc(-c2nsc3ccc(Cl)cc23)cc1. The van der Waals surface area contributed by atoms with Gasteiger partial charge in [-0.25, -0.2) is 0 Å². The molecule has 0 N–H and O–H groups in total. The Morgan fingerprint density at radius 2 is 1.82 bits per heavy atom. The Labute approximate surface area is 109 Å². The molecule has 3 rings (SSSR count). The number of rotatable bonds is 1. The average Bonchev–Trinajstić information content (AvgIpc) is 2.73. The second-order valence-electron chi connectivity index (χ2n) is 4.04. The molecule has 0 aliphatic carbocycles. The maximum absolute atomic E-state index is 6.04. The fourth-order valence-corrected chi connectivity index (χ4v) is 2.78. The topological polar surface area (TPSA) is 12.9 Å². The summed E-state index contributed by atoms with van der Waals surface area (Å²) in [6.07, 6.45) is 0. The van der Waals surface area contributed by atoms with E-state index in [4.69, 9.17) is 11.6 Å². The van der Waals surface area contributed by atoms with Gasteiger partial charge in [-0.15, -0.1) is 0 Å². The molecule has 0 unspecified atom stereocenters. The third-order valence-corrected chi connectivity index (χ3v) is 3.82. The molecular formula is C14H10ClNS. The van der Waals surface area contributed by atoms with Gasteiger partial charge in [0.05, 0.1) is 10.4 Å². The first-order valence-electron chi connectivity index (χ1n) is 5.36. The summed E-state index contributed by atoms with van der Waals surface area (Å²) in [4.78, 5) is 0. The summed E-state index contributed by atoms with van der Waals surface area (Å²) in [7, 11) is 0. The van der Waals surface area contributed by atoms with E-state index in [2.05, 4.69) is 35.6 Å². The van der Waals surface area contributed by atoms with E-state index in [9.17, 15) is 0 Å². The van der Waals surface area contributed by atoms with Crippen LogP contribution in [0.1, 0.15) is 5.56 Å². The van der Waals surface area contributed by atoms with E-state index in [-0.39, 0.29) is 0 Å². The van der Waals surface area contributed by atoms with Crippen LogP contribution in [0, 0.1) is 6.92 Å². The first kappa shape index (κ1) is 10.8. The van der Waals surface area contributed by atoms with Gasteiger partial charge in [0.15, 0.2) is 0 Å². The highest BCUT2D eigenvalue weighted by molar-refractivity contribution is 7.13. The molecule has 0 fully saturated rings. The highest BCUT2D eigenvalue weighted by atomic mass is 35.5. The van der Waals surface area contributed by atoms with Crippen LogP contribution >= 0.6 is 23.1 Å². The summed E-state index contributed by atoms with van der Waals surface area (Å²) >= 11 is 7.55. The van der Waals surface area contributed by atoms with Crippen molar-refractivity contribution in [1.82, 2.24) is 4.37 Å². The highest BCUT2D eigenvalue weighted by Crippen LogP contribution is 2.32. The predicted octanol–water partition coefficient (Wildman–Crippen LogP) is 4.93. The van der Waals surface area contributed by atoms with Gasteiger partial charge in [-0.3, -0.25) is 0 Å². The average molecular weight is 260 g/mol. The minimum Gasteiger partial charge on any atom is -0.191 e. The van der Waals surface area contributed by atoms with Crippen molar-refractivity contribution in [2.75, 3.05) is 0 Å². The summed E-state index contributed by atoms with van der Waals surface area (Å²) < 4.78 is 5.69. The van der Waals surface area contributed by atoms with Gasteiger partial charge in [0.2, 0.25) is 0 Å². The maximum atomic E-state index is 6.04. The predicted molar refractivity (Wildman–Crippen MR) is 74.8 cm³/mol. The van der Waals surface area contributed by atoms with Gasteiger partial charge < -0.3 is 0 Å². The van der Waals surface area contributed by atoms with E-state index >= 15 is 0 Å². The molecule has 0 atom stereocenters. The summed E-state index contributed by atoms with van der Waals surface area (Å²) in [6, 6.07) is 14.3. The van der Waals surface area contributed by atoms with E-state index in [0.29, 0.717) is 0 Å². The molecule has 1 heterocycles. The van der Waals surface area contributed by atoms with Crippen LogP contribution in [0.25, 0.3) is 21.3 Å². The van der Waals surface area contributed by atoms with E-state index in [1.165, 1.54) is 21.8 Å². The second kappa shape index (κ2) is 4.13. The molecule has 84 valence electrons. The fourth-order valence-electron chi connectivity index (χ4n) is 1.83. The number of benzene rings is 2. The van der Waals surface area contributed by atoms with Crippen LogP contribution in [0.15, 0.2) is 42.5 Å². The van der Waals surface area contributed by atoms with Gasteiger partial charge in [-0.2, -0.15) is 4.37 Å². The molecule has 0 bridgehead atoms. The van der Waals surface area contributed by atoms with Crippen LogP contribution in [0.4, 0.5) is 0 Å². The Hall–Kier alpha value is -1.38. The number of nitrogens with zero attached hydrogens (tertiary/aromatic N) is 1. The Morgan fingerprint density at radius 1 is 1.06 bits per heavy atom. The van der Waals surface area contributed by atoms with Crippen LogP contribution in [-0.2, 0) is 0 Å². The molecule has 0 saturated carbocycles. The monoisotopic (exact) mass is 259 g/mol. The number of fused-ring (bicyclic) bond motifs is 1. The van der Waals surface area contributed by atoms with E-state index in [1.54, 1.807) is 0 Å².